The number of ketones is 1. The zero-order chi connectivity index (χ0) is 17.0. The van der Waals surface area contributed by atoms with Gasteiger partial charge in [-0.1, -0.05) is 23.2 Å². The summed E-state index contributed by atoms with van der Waals surface area (Å²) in [6.45, 7) is 1.45. The molecule has 22 heavy (non-hydrogen) atoms. The Morgan fingerprint density at radius 2 is 2.09 bits per heavy atom. The van der Waals surface area contributed by atoms with Crippen LogP contribution in [0.2, 0.25) is 10.0 Å². The van der Waals surface area contributed by atoms with Crippen molar-refractivity contribution in [2.24, 2.45) is 5.92 Å². The summed E-state index contributed by atoms with van der Waals surface area (Å²) >= 11 is 11.2. The number of hydrogen-bond acceptors (Lipinski definition) is 6. The maximum atomic E-state index is 13.6. The van der Waals surface area contributed by atoms with Crippen molar-refractivity contribution in [3.05, 3.63) is 37.6 Å². The molecule has 1 N–H and O–H groups in total. The van der Waals surface area contributed by atoms with Crippen LogP contribution in [0.4, 0.5) is 10.1 Å². The number of benzene rings is 1. The van der Waals surface area contributed by atoms with E-state index in [9.17, 15) is 24.1 Å². The molecule has 7 nitrogen and oxygen atoms in total. The van der Waals surface area contributed by atoms with E-state index in [-0.39, 0.29) is 6.61 Å². The van der Waals surface area contributed by atoms with Gasteiger partial charge in [-0.05, 0) is 13.0 Å². The van der Waals surface area contributed by atoms with Crippen molar-refractivity contribution >= 4 is 46.9 Å². The zero-order valence-electron chi connectivity index (χ0n) is 11.1. The second-order valence-electron chi connectivity index (χ2n) is 3.90. The Balaban J connectivity index is 3.43. The van der Waals surface area contributed by atoms with Gasteiger partial charge in [0.2, 0.25) is 0 Å². The molecule has 1 aromatic carbocycles. The monoisotopic (exact) mass is 350 g/mol. The number of nitrogens with one attached hydrogen (secondary N) is 1. The van der Waals surface area contributed by atoms with Crippen molar-refractivity contribution in [3.8, 4) is 0 Å². The molecule has 0 heterocycles. The number of nitrogens with zero attached hydrogens (tertiary/aromatic N) is 1. The van der Waals surface area contributed by atoms with Crippen molar-refractivity contribution in [1.29, 1.82) is 5.41 Å². The first kappa shape index (κ1) is 18.0. The molecule has 0 saturated carbocycles. The highest BCUT2D eigenvalue weighted by Crippen LogP contribution is 2.38. The number of esters is 1. The van der Waals surface area contributed by atoms with Crippen LogP contribution >= 0.6 is 23.2 Å². The third-order valence-corrected chi connectivity index (χ3v) is 3.31. The second kappa shape index (κ2) is 7.28. The standard InChI is InChI=1S/C12H9Cl2FN2O5/c1-2-22-12(19)6(4-16)11(18)5-3-7(15)9(14)10(8(5)13)17(20)21/h3-4,6,16H,2H2,1H3. The number of hydrogen-bond donors (Lipinski definition) is 1. The summed E-state index contributed by atoms with van der Waals surface area (Å²) in [6, 6.07) is 0.579. The predicted molar refractivity (Wildman–Crippen MR) is 76.3 cm³/mol. The van der Waals surface area contributed by atoms with Gasteiger partial charge in [0, 0.05) is 11.8 Å². The summed E-state index contributed by atoms with van der Waals surface area (Å²) in [6.07, 6.45) is 0.481. The van der Waals surface area contributed by atoms with Gasteiger partial charge in [-0.3, -0.25) is 19.7 Å². The van der Waals surface area contributed by atoms with E-state index in [1.54, 1.807) is 0 Å². The van der Waals surface area contributed by atoms with Crippen LogP contribution in [0, 0.1) is 27.3 Å². The van der Waals surface area contributed by atoms with Gasteiger partial charge >= 0.3 is 11.7 Å². The lowest BCUT2D eigenvalue weighted by molar-refractivity contribution is -0.384. The molecule has 0 aliphatic heterocycles. The van der Waals surface area contributed by atoms with Gasteiger partial charge in [-0.25, -0.2) is 4.39 Å². The quantitative estimate of drug-likeness (QED) is 0.161. The van der Waals surface area contributed by atoms with Gasteiger partial charge in [-0.2, -0.15) is 0 Å². The Morgan fingerprint density at radius 3 is 2.55 bits per heavy atom. The molecule has 0 bridgehead atoms. The fourth-order valence-electron chi connectivity index (χ4n) is 1.58. The number of halogens is 3. The van der Waals surface area contributed by atoms with Gasteiger partial charge in [0.1, 0.15) is 10.8 Å². The van der Waals surface area contributed by atoms with E-state index in [2.05, 4.69) is 4.74 Å². The molecule has 0 amide bonds. The lowest BCUT2D eigenvalue weighted by atomic mass is 9.98. The van der Waals surface area contributed by atoms with E-state index < -0.39 is 49.7 Å². The van der Waals surface area contributed by atoms with Crippen molar-refractivity contribution in [1.82, 2.24) is 0 Å². The van der Waals surface area contributed by atoms with Crippen LogP contribution in [-0.2, 0) is 9.53 Å². The van der Waals surface area contributed by atoms with Gasteiger partial charge in [0.15, 0.2) is 16.7 Å². The summed E-state index contributed by atoms with van der Waals surface area (Å²) in [5.74, 6) is -5.07. The molecular weight excluding hydrogens is 342 g/mol. The number of carbonyl (C=O) groups is 2. The Morgan fingerprint density at radius 1 is 1.50 bits per heavy atom. The van der Waals surface area contributed by atoms with Gasteiger partial charge in [0.05, 0.1) is 11.5 Å². The number of nitro groups is 1. The van der Waals surface area contributed by atoms with Gasteiger partial charge in [0.25, 0.3) is 0 Å². The topological polar surface area (TPSA) is 110 Å². The lowest BCUT2D eigenvalue weighted by Gasteiger charge is -2.11. The molecule has 0 radical (unpaired) electrons. The molecule has 1 unspecified atom stereocenters. The molecule has 0 saturated heterocycles. The van der Waals surface area contributed by atoms with E-state index in [0.29, 0.717) is 12.3 Å². The Hall–Kier alpha value is -2.06. The molecule has 118 valence electrons. The third-order valence-electron chi connectivity index (χ3n) is 2.57. The van der Waals surface area contributed by atoms with Crippen LogP contribution in [0.1, 0.15) is 17.3 Å². The maximum Gasteiger partial charge on any atom is 0.322 e. The normalized spacial score (nSPS) is 11.6. The van der Waals surface area contributed by atoms with Crippen LogP contribution in [0.15, 0.2) is 6.07 Å². The molecule has 0 aliphatic rings. The van der Waals surface area contributed by atoms with Crippen molar-refractivity contribution < 1.29 is 23.6 Å². The minimum Gasteiger partial charge on any atom is -0.465 e. The number of rotatable bonds is 6. The number of carbonyl (C=O) groups excluding carboxylic acids is 2. The van der Waals surface area contributed by atoms with E-state index in [1.807, 2.05) is 0 Å². The summed E-state index contributed by atoms with van der Waals surface area (Å²) in [7, 11) is 0. The molecule has 0 spiro atoms. The molecule has 1 aromatic rings. The molecule has 10 heteroatoms. The van der Waals surface area contributed by atoms with Crippen LogP contribution in [0.3, 0.4) is 0 Å². The Kier molecular flexibility index (Phi) is 5.95. The highest BCUT2D eigenvalue weighted by atomic mass is 35.5. The second-order valence-corrected chi connectivity index (χ2v) is 4.66. The van der Waals surface area contributed by atoms with Gasteiger partial charge < -0.3 is 10.1 Å². The third kappa shape index (κ3) is 3.40. The predicted octanol–water partition coefficient (Wildman–Crippen LogP) is 3.05. The SMILES string of the molecule is CCOC(=O)C(C=N)C(=O)c1cc(F)c(Cl)c([N+](=O)[O-])c1Cl. The maximum absolute atomic E-state index is 13.6. The van der Waals surface area contributed by atoms with Crippen LogP contribution in [-0.4, -0.2) is 29.5 Å². The first-order valence-electron chi connectivity index (χ1n) is 5.79. The fraction of sp³-hybridized carbons (Fsp3) is 0.250. The number of ether oxygens (including phenoxy) is 1. The Bertz CT molecular complexity index is 665. The van der Waals surface area contributed by atoms with Crippen LogP contribution in [0.25, 0.3) is 0 Å². The average Bonchev–Trinajstić information content (AvgIpc) is 2.43. The van der Waals surface area contributed by atoms with E-state index >= 15 is 0 Å². The molecule has 0 aromatic heterocycles. The molecule has 0 aliphatic carbocycles. The Labute approximate surface area is 133 Å². The summed E-state index contributed by atoms with van der Waals surface area (Å²) in [5.41, 5.74) is -1.61. The highest BCUT2D eigenvalue weighted by Gasteiger charge is 2.33. The molecule has 1 atom stereocenters. The lowest BCUT2D eigenvalue weighted by Crippen LogP contribution is -2.28. The first-order valence-corrected chi connectivity index (χ1v) is 6.55. The van der Waals surface area contributed by atoms with E-state index in [0.717, 1.165) is 0 Å². The zero-order valence-corrected chi connectivity index (χ0v) is 12.6. The first-order chi connectivity index (χ1) is 10.3. The molecule has 1 rings (SSSR count). The van der Waals surface area contributed by atoms with Crippen molar-refractivity contribution in [2.45, 2.75) is 6.92 Å². The smallest absolute Gasteiger partial charge is 0.322 e. The summed E-state index contributed by atoms with van der Waals surface area (Å²) < 4.78 is 18.2. The van der Waals surface area contributed by atoms with E-state index in [4.69, 9.17) is 28.6 Å². The van der Waals surface area contributed by atoms with Crippen molar-refractivity contribution in [3.63, 3.8) is 0 Å². The minimum atomic E-state index is -1.68. The number of Topliss-reactive ketones (excluding diaryl/α,β-unsaturated/α-hetero) is 1. The summed E-state index contributed by atoms with van der Waals surface area (Å²) in [4.78, 5) is 33.6. The summed E-state index contributed by atoms with van der Waals surface area (Å²) in [5, 5.41) is 16.4. The fourth-order valence-corrected chi connectivity index (χ4v) is 2.16. The number of nitro benzene ring substituents is 1. The molecule has 0 fully saturated rings. The van der Waals surface area contributed by atoms with Crippen LogP contribution in [0.5, 0.6) is 0 Å². The molecular formula is C12H9Cl2FN2O5. The minimum absolute atomic E-state index is 0.0423. The largest absolute Gasteiger partial charge is 0.465 e. The van der Waals surface area contributed by atoms with E-state index in [1.165, 1.54) is 6.92 Å². The average molecular weight is 351 g/mol. The van der Waals surface area contributed by atoms with Gasteiger partial charge in [-0.15, -0.1) is 0 Å². The highest BCUT2D eigenvalue weighted by molar-refractivity contribution is 6.41. The van der Waals surface area contributed by atoms with Crippen LogP contribution < -0.4 is 0 Å². The van der Waals surface area contributed by atoms with Crippen molar-refractivity contribution in [2.75, 3.05) is 6.61 Å².